The number of hydrogen-bond donors (Lipinski definition) is 2. The minimum absolute atomic E-state index is 0.226. The van der Waals surface area contributed by atoms with Gasteiger partial charge in [-0.1, -0.05) is 35.5 Å². The highest BCUT2D eigenvalue weighted by Crippen LogP contribution is 2.28. The summed E-state index contributed by atoms with van der Waals surface area (Å²) >= 11 is 0. The van der Waals surface area contributed by atoms with Crippen molar-refractivity contribution in [2.24, 2.45) is 0 Å². The SMILES string of the molecule is COc1ccc(Cc2nc(Cc3ccc(C(=O)Nc4ccccc4N)cc3)no2)cc1OC. The van der Waals surface area contributed by atoms with Gasteiger partial charge in [-0.3, -0.25) is 4.79 Å². The molecular weight excluding hydrogens is 420 g/mol. The summed E-state index contributed by atoms with van der Waals surface area (Å²) < 4.78 is 16.0. The van der Waals surface area contributed by atoms with Crippen LogP contribution in [0.25, 0.3) is 0 Å². The Morgan fingerprint density at radius 2 is 1.67 bits per heavy atom. The van der Waals surface area contributed by atoms with Gasteiger partial charge in [-0.2, -0.15) is 4.98 Å². The van der Waals surface area contributed by atoms with Gasteiger partial charge in [-0.25, -0.2) is 0 Å². The third-order valence-electron chi connectivity index (χ3n) is 5.10. The Bertz CT molecular complexity index is 1250. The van der Waals surface area contributed by atoms with Gasteiger partial charge in [-0.05, 0) is 47.5 Å². The van der Waals surface area contributed by atoms with Crippen molar-refractivity contribution in [3.05, 3.63) is 95.1 Å². The van der Waals surface area contributed by atoms with Crippen molar-refractivity contribution in [3.63, 3.8) is 0 Å². The number of nitrogen functional groups attached to an aromatic ring is 1. The van der Waals surface area contributed by atoms with Crippen molar-refractivity contribution in [2.75, 3.05) is 25.3 Å². The summed E-state index contributed by atoms with van der Waals surface area (Å²) in [6, 6.07) is 20.0. The zero-order chi connectivity index (χ0) is 23.2. The number of anilines is 2. The Morgan fingerprint density at radius 1 is 0.939 bits per heavy atom. The normalized spacial score (nSPS) is 10.6. The van der Waals surface area contributed by atoms with Crippen LogP contribution in [0, 0.1) is 0 Å². The van der Waals surface area contributed by atoms with E-state index in [1.165, 1.54) is 0 Å². The van der Waals surface area contributed by atoms with Crippen molar-refractivity contribution in [3.8, 4) is 11.5 Å². The molecule has 0 saturated heterocycles. The van der Waals surface area contributed by atoms with Gasteiger partial charge >= 0.3 is 0 Å². The van der Waals surface area contributed by atoms with Crippen LogP contribution >= 0.6 is 0 Å². The molecule has 0 atom stereocenters. The van der Waals surface area contributed by atoms with Gasteiger partial charge in [0.1, 0.15) is 0 Å². The molecule has 1 aromatic heterocycles. The van der Waals surface area contributed by atoms with Gasteiger partial charge in [0, 0.05) is 12.0 Å². The second kappa shape index (κ2) is 9.86. The van der Waals surface area contributed by atoms with E-state index in [4.69, 9.17) is 19.7 Å². The summed E-state index contributed by atoms with van der Waals surface area (Å²) in [5.74, 6) is 2.16. The summed E-state index contributed by atoms with van der Waals surface area (Å²) in [4.78, 5) is 17.0. The number of rotatable bonds is 8. The van der Waals surface area contributed by atoms with E-state index in [1.54, 1.807) is 38.5 Å². The Kier molecular flexibility index (Phi) is 6.54. The summed E-state index contributed by atoms with van der Waals surface area (Å²) in [5.41, 5.74) is 9.45. The van der Waals surface area contributed by atoms with Gasteiger partial charge in [0.15, 0.2) is 17.3 Å². The van der Waals surface area contributed by atoms with Gasteiger partial charge < -0.3 is 25.0 Å². The molecule has 3 N–H and O–H groups in total. The Labute approximate surface area is 191 Å². The number of carbonyl (C=O) groups excluding carboxylic acids is 1. The smallest absolute Gasteiger partial charge is 0.255 e. The molecule has 0 aliphatic rings. The fraction of sp³-hybridized carbons (Fsp3) is 0.160. The molecule has 1 heterocycles. The highest BCUT2D eigenvalue weighted by atomic mass is 16.5. The second-order valence-corrected chi connectivity index (χ2v) is 7.39. The van der Waals surface area contributed by atoms with Gasteiger partial charge in [0.25, 0.3) is 5.91 Å². The predicted molar refractivity (Wildman–Crippen MR) is 125 cm³/mol. The molecule has 0 aliphatic carbocycles. The molecular formula is C25H24N4O4. The molecule has 4 rings (SSSR count). The molecule has 0 fully saturated rings. The van der Waals surface area contributed by atoms with E-state index in [2.05, 4.69) is 15.5 Å². The van der Waals surface area contributed by atoms with Crippen LogP contribution in [-0.4, -0.2) is 30.3 Å². The fourth-order valence-electron chi connectivity index (χ4n) is 3.36. The molecule has 3 aromatic carbocycles. The number of amides is 1. The maximum absolute atomic E-state index is 12.5. The molecule has 0 radical (unpaired) electrons. The monoisotopic (exact) mass is 444 g/mol. The van der Waals surface area contributed by atoms with Crippen molar-refractivity contribution in [1.82, 2.24) is 10.1 Å². The number of hydrogen-bond acceptors (Lipinski definition) is 7. The third-order valence-corrected chi connectivity index (χ3v) is 5.10. The fourth-order valence-corrected chi connectivity index (χ4v) is 3.36. The molecule has 8 nitrogen and oxygen atoms in total. The largest absolute Gasteiger partial charge is 0.493 e. The van der Waals surface area contributed by atoms with Gasteiger partial charge in [-0.15, -0.1) is 0 Å². The zero-order valence-corrected chi connectivity index (χ0v) is 18.4. The first-order valence-electron chi connectivity index (χ1n) is 10.3. The van der Waals surface area contributed by atoms with Crippen molar-refractivity contribution in [1.29, 1.82) is 0 Å². The van der Waals surface area contributed by atoms with E-state index in [0.29, 0.717) is 53.0 Å². The number of aromatic nitrogens is 2. The van der Waals surface area contributed by atoms with Crippen molar-refractivity contribution < 1.29 is 18.8 Å². The number of nitrogens with zero attached hydrogens (tertiary/aromatic N) is 2. The van der Waals surface area contributed by atoms with Crippen LogP contribution in [0.2, 0.25) is 0 Å². The number of ether oxygens (including phenoxy) is 2. The van der Waals surface area contributed by atoms with E-state index in [-0.39, 0.29) is 5.91 Å². The summed E-state index contributed by atoms with van der Waals surface area (Å²) in [6.45, 7) is 0. The first-order valence-corrected chi connectivity index (χ1v) is 10.3. The first-order chi connectivity index (χ1) is 16.1. The molecule has 4 aromatic rings. The highest BCUT2D eigenvalue weighted by Gasteiger charge is 2.12. The number of methoxy groups -OCH3 is 2. The van der Waals surface area contributed by atoms with Crippen molar-refractivity contribution in [2.45, 2.75) is 12.8 Å². The van der Waals surface area contributed by atoms with Crippen LogP contribution in [-0.2, 0) is 12.8 Å². The Balaban J connectivity index is 1.38. The van der Waals surface area contributed by atoms with Crippen LogP contribution < -0.4 is 20.5 Å². The third kappa shape index (κ3) is 5.30. The van der Waals surface area contributed by atoms with E-state index >= 15 is 0 Å². The molecule has 0 unspecified atom stereocenters. The lowest BCUT2D eigenvalue weighted by atomic mass is 10.1. The van der Waals surface area contributed by atoms with Crippen LogP contribution in [0.3, 0.4) is 0 Å². The standard InChI is InChI=1S/C25H24N4O4/c1-31-21-12-9-17(13-22(21)32-2)15-24-28-23(29-33-24)14-16-7-10-18(11-8-16)25(30)27-20-6-4-3-5-19(20)26/h3-13H,14-15,26H2,1-2H3,(H,27,30). The maximum Gasteiger partial charge on any atom is 0.255 e. The number of benzene rings is 3. The lowest BCUT2D eigenvalue weighted by Gasteiger charge is -2.08. The Morgan fingerprint density at radius 3 is 2.39 bits per heavy atom. The predicted octanol–water partition coefficient (Wildman–Crippen LogP) is 4.10. The summed E-state index contributed by atoms with van der Waals surface area (Å²) in [5, 5.41) is 6.89. The number of carbonyl (C=O) groups is 1. The van der Waals surface area contributed by atoms with Crippen LogP contribution in [0.4, 0.5) is 11.4 Å². The van der Waals surface area contributed by atoms with E-state index < -0.39 is 0 Å². The minimum atomic E-state index is -0.226. The lowest BCUT2D eigenvalue weighted by molar-refractivity contribution is 0.102. The summed E-state index contributed by atoms with van der Waals surface area (Å²) in [6.07, 6.45) is 0.970. The second-order valence-electron chi connectivity index (χ2n) is 7.39. The minimum Gasteiger partial charge on any atom is -0.493 e. The van der Waals surface area contributed by atoms with Crippen LogP contribution in [0.1, 0.15) is 33.2 Å². The first kappa shape index (κ1) is 21.9. The average molecular weight is 444 g/mol. The molecule has 33 heavy (non-hydrogen) atoms. The zero-order valence-electron chi connectivity index (χ0n) is 18.4. The van der Waals surface area contributed by atoms with E-state index in [1.807, 2.05) is 42.5 Å². The quantitative estimate of drug-likeness (QED) is 0.393. The number of nitrogens with two attached hydrogens (primary N) is 1. The lowest BCUT2D eigenvalue weighted by Crippen LogP contribution is -2.13. The highest BCUT2D eigenvalue weighted by molar-refractivity contribution is 6.05. The van der Waals surface area contributed by atoms with E-state index in [0.717, 1.165) is 11.1 Å². The van der Waals surface area contributed by atoms with Crippen molar-refractivity contribution >= 4 is 17.3 Å². The molecule has 0 saturated carbocycles. The molecule has 0 spiro atoms. The van der Waals surface area contributed by atoms with E-state index in [9.17, 15) is 4.79 Å². The van der Waals surface area contributed by atoms with Crippen LogP contribution in [0.5, 0.6) is 11.5 Å². The molecule has 0 bridgehead atoms. The number of para-hydroxylation sites is 2. The summed E-state index contributed by atoms with van der Waals surface area (Å²) in [7, 11) is 3.19. The molecule has 1 amide bonds. The van der Waals surface area contributed by atoms with Crippen LogP contribution in [0.15, 0.2) is 71.3 Å². The Hall–Kier alpha value is -4.33. The maximum atomic E-state index is 12.5. The van der Waals surface area contributed by atoms with Gasteiger partial charge in [0.05, 0.1) is 32.0 Å². The van der Waals surface area contributed by atoms with Gasteiger partial charge in [0.2, 0.25) is 5.89 Å². The molecule has 168 valence electrons. The topological polar surface area (TPSA) is 112 Å². The average Bonchev–Trinajstić information content (AvgIpc) is 3.27. The molecule has 0 aliphatic heterocycles. The number of nitrogens with one attached hydrogen (secondary N) is 1. The molecule has 8 heteroatoms.